The van der Waals surface area contributed by atoms with Gasteiger partial charge < -0.3 is 15.0 Å². The zero-order valence-corrected chi connectivity index (χ0v) is 13.5. The summed E-state index contributed by atoms with van der Waals surface area (Å²) < 4.78 is 5.08. The van der Waals surface area contributed by atoms with Gasteiger partial charge in [0.25, 0.3) is 5.91 Å². The Bertz CT molecular complexity index is 676. The topological polar surface area (TPSA) is 58.6 Å². The third-order valence-corrected chi connectivity index (χ3v) is 3.28. The number of rotatable bonds is 5. The molecule has 0 heterocycles. The Balaban J connectivity index is 2.01. The number of carbonyl (C=O) groups is 2. The molecule has 0 aliphatic rings. The maximum atomic E-state index is 12.2. The maximum absolute atomic E-state index is 12.2. The molecule has 120 valence electrons. The fourth-order valence-electron chi connectivity index (χ4n) is 1.92. The first-order chi connectivity index (χ1) is 11.0. The van der Waals surface area contributed by atoms with Crippen molar-refractivity contribution >= 4 is 23.3 Å². The Morgan fingerprint density at radius 2 is 1.61 bits per heavy atom. The fraction of sp³-hybridized carbons (Fsp3) is 0.222. The molecule has 0 unspecified atom stereocenters. The van der Waals surface area contributed by atoms with E-state index < -0.39 is 0 Å². The monoisotopic (exact) mass is 312 g/mol. The van der Waals surface area contributed by atoms with Gasteiger partial charge in [-0.1, -0.05) is 6.92 Å². The van der Waals surface area contributed by atoms with Crippen molar-refractivity contribution < 1.29 is 14.3 Å². The first-order valence-electron chi connectivity index (χ1n) is 7.39. The lowest BCUT2D eigenvalue weighted by Crippen LogP contribution is -2.13. The van der Waals surface area contributed by atoms with Crippen LogP contribution in [0.2, 0.25) is 0 Å². The average molecular weight is 312 g/mol. The third-order valence-electron chi connectivity index (χ3n) is 3.28. The SMILES string of the molecule is CCC(=O)Oc1ccc(C(=O)Nc2ccc(N(C)C)cc2)cc1. The maximum Gasteiger partial charge on any atom is 0.310 e. The smallest absolute Gasteiger partial charge is 0.310 e. The predicted molar refractivity (Wildman–Crippen MR) is 91.1 cm³/mol. The molecule has 0 aliphatic heterocycles. The average Bonchev–Trinajstić information content (AvgIpc) is 2.55. The van der Waals surface area contributed by atoms with Crippen molar-refractivity contribution in [2.45, 2.75) is 13.3 Å². The van der Waals surface area contributed by atoms with Crippen LogP contribution in [0, 0.1) is 0 Å². The van der Waals surface area contributed by atoms with Gasteiger partial charge in [-0.3, -0.25) is 9.59 Å². The lowest BCUT2D eigenvalue weighted by atomic mass is 10.2. The third kappa shape index (κ3) is 4.57. The number of ether oxygens (including phenoxy) is 1. The summed E-state index contributed by atoms with van der Waals surface area (Å²) in [5.74, 6) is -0.0807. The van der Waals surface area contributed by atoms with Gasteiger partial charge in [0, 0.05) is 37.5 Å². The molecule has 0 saturated carbocycles. The van der Waals surface area contributed by atoms with E-state index in [1.807, 2.05) is 43.3 Å². The van der Waals surface area contributed by atoms with E-state index in [1.165, 1.54) is 0 Å². The van der Waals surface area contributed by atoms with E-state index >= 15 is 0 Å². The molecule has 2 rings (SSSR count). The molecule has 0 spiro atoms. The van der Waals surface area contributed by atoms with Crippen LogP contribution in [0.3, 0.4) is 0 Å². The second-order valence-corrected chi connectivity index (χ2v) is 5.25. The summed E-state index contributed by atoms with van der Waals surface area (Å²) in [5.41, 5.74) is 2.28. The number of hydrogen-bond acceptors (Lipinski definition) is 4. The van der Waals surface area contributed by atoms with Gasteiger partial charge in [-0.2, -0.15) is 0 Å². The molecule has 23 heavy (non-hydrogen) atoms. The number of amides is 1. The lowest BCUT2D eigenvalue weighted by molar-refractivity contribution is -0.134. The van der Waals surface area contributed by atoms with Crippen LogP contribution in [0.5, 0.6) is 5.75 Å². The van der Waals surface area contributed by atoms with Gasteiger partial charge >= 0.3 is 5.97 Å². The van der Waals surface area contributed by atoms with Crippen LogP contribution in [0.15, 0.2) is 48.5 Å². The van der Waals surface area contributed by atoms with Crippen molar-refractivity contribution in [3.63, 3.8) is 0 Å². The summed E-state index contributed by atoms with van der Waals surface area (Å²) in [5, 5.41) is 2.83. The molecule has 0 bridgehead atoms. The minimum absolute atomic E-state index is 0.212. The number of nitrogens with zero attached hydrogens (tertiary/aromatic N) is 1. The Labute approximate surface area is 135 Å². The summed E-state index contributed by atoms with van der Waals surface area (Å²) in [6, 6.07) is 14.0. The highest BCUT2D eigenvalue weighted by molar-refractivity contribution is 6.04. The van der Waals surface area contributed by atoms with E-state index in [1.54, 1.807) is 31.2 Å². The molecule has 0 aromatic heterocycles. The molecule has 2 aromatic carbocycles. The van der Waals surface area contributed by atoms with Crippen molar-refractivity contribution in [2.24, 2.45) is 0 Å². The van der Waals surface area contributed by atoms with Gasteiger partial charge in [0.05, 0.1) is 0 Å². The fourth-order valence-corrected chi connectivity index (χ4v) is 1.92. The second-order valence-electron chi connectivity index (χ2n) is 5.25. The van der Waals surface area contributed by atoms with Crippen molar-refractivity contribution in [3.8, 4) is 5.75 Å². The van der Waals surface area contributed by atoms with Gasteiger partial charge in [0.1, 0.15) is 5.75 Å². The molecule has 0 radical (unpaired) electrons. The molecule has 0 atom stereocenters. The molecular weight excluding hydrogens is 292 g/mol. The van der Waals surface area contributed by atoms with E-state index in [4.69, 9.17) is 4.74 Å². The van der Waals surface area contributed by atoms with Crippen LogP contribution in [0.25, 0.3) is 0 Å². The minimum atomic E-state index is -0.303. The van der Waals surface area contributed by atoms with E-state index in [0.717, 1.165) is 11.4 Å². The lowest BCUT2D eigenvalue weighted by Gasteiger charge is -2.13. The van der Waals surface area contributed by atoms with Crippen LogP contribution in [-0.2, 0) is 4.79 Å². The van der Waals surface area contributed by atoms with E-state index in [-0.39, 0.29) is 11.9 Å². The van der Waals surface area contributed by atoms with E-state index in [0.29, 0.717) is 17.7 Å². The molecule has 0 saturated heterocycles. The molecule has 2 aromatic rings. The zero-order valence-electron chi connectivity index (χ0n) is 13.5. The van der Waals surface area contributed by atoms with Crippen molar-refractivity contribution in [3.05, 3.63) is 54.1 Å². The van der Waals surface area contributed by atoms with Crippen molar-refractivity contribution in [1.29, 1.82) is 0 Å². The summed E-state index contributed by atoms with van der Waals surface area (Å²) in [4.78, 5) is 25.4. The molecule has 5 nitrogen and oxygen atoms in total. The largest absolute Gasteiger partial charge is 0.427 e. The zero-order chi connectivity index (χ0) is 16.8. The normalized spacial score (nSPS) is 10.0. The molecule has 1 N–H and O–H groups in total. The predicted octanol–water partition coefficient (Wildman–Crippen LogP) is 3.32. The Morgan fingerprint density at radius 3 is 2.13 bits per heavy atom. The highest BCUT2D eigenvalue weighted by atomic mass is 16.5. The molecule has 1 amide bonds. The Kier molecular flexibility index (Phi) is 5.36. The van der Waals surface area contributed by atoms with Crippen LogP contribution in [0.1, 0.15) is 23.7 Å². The van der Waals surface area contributed by atoms with Crippen LogP contribution in [0.4, 0.5) is 11.4 Å². The number of esters is 1. The first kappa shape index (κ1) is 16.5. The van der Waals surface area contributed by atoms with E-state index in [2.05, 4.69) is 5.32 Å². The highest BCUT2D eigenvalue weighted by Crippen LogP contribution is 2.18. The van der Waals surface area contributed by atoms with Crippen molar-refractivity contribution in [2.75, 3.05) is 24.3 Å². The summed E-state index contributed by atoms with van der Waals surface area (Å²) in [7, 11) is 3.92. The highest BCUT2D eigenvalue weighted by Gasteiger charge is 2.08. The van der Waals surface area contributed by atoms with Crippen LogP contribution in [-0.4, -0.2) is 26.0 Å². The van der Waals surface area contributed by atoms with Gasteiger partial charge in [0.15, 0.2) is 0 Å². The van der Waals surface area contributed by atoms with Crippen molar-refractivity contribution in [1.82, 2.24) is 0 Å². The minimum Gasteiger partial charge on any atom is -0.427 e. The first-order valence-corrected chi connectivity index (χ1v) is 7.39. The Morgan fingerprint density at radius 1 is 1.00 bits per heavy atom. The Hall–Kier alpha value is -2.82. The standard InChI is InChI=1S/C18H20N2O3/c1-4-17(21)23-16-11-5-13(6-12-16)18(22)19-14-7-9-15(10-8-14)20(2)3/h5-12H,4H2,1-3H3,(H,19,22). The van der Waals surface area contributed by atoms with E-state index in [9.17, 15) is 9.59 Å². The number of carbonyl (C=O) groups excluding carboxylic acids is 2. The van der Waals surface area contributed by atoms with Crippen LogP contribution >= 0.6 is 0 Å². The summed E-state index contributed by atoms with van der Waals surface area (Å²) in [6.45, 7) is 1.73. The van der Waals surface area contributed by atoms with Crippen LogP contribution < -0.4 is 15.0 Å². The number of nitrogens with one attached hydrogen (secondary N) is 1. The molecular formula is C18H20N2O3. The molecule has 5 heteroatoms. The summed E-state index contributed by atoms with van der Waals surface area (Å²) in [6.07, 6.45) is 0.311. The second kappa shape index (κ2) is 7.45. The van der Waals surface area contributed by atoms with Gasteiger partial charge in [-0.15, -0.1) is 0 Å². The number of benzene rings is 2. The van der Waals surface area contributed by atoms with Gasteiger partial charge in [-0.25, -0.2) is 0 Å². The summed E-state index contributed by atoms with van der Waals surface area (Å²) >= 11 is 0. The number of anilines is 2. The van der Waals surface area contributed by atoms with Gasteiger partial charge in [-0.05, 0) is 48.5 Å². The number of hydrogen-bond donors (Lipinski definition) is 1. The molecule has 0 aliphatic carbocycles. The quantitative estimate of drug-likeness (QED) is 0.679. The molecule has 0 fully saturated rings. The van der Waals surface area contributed by atoms with Gasteiger partial charge in [0.2, 0.25) is 0 Å².